The summed E-state index contributed by atoms with van der Waals surface area (Å²) in [6.45, 7) is 7.57. The van der Waals surface area contributed by atoms with Crippen LogP contribution in [-0.4, -0.2) is 91.2 Å². The van der Waals surface area contributed by atoms with Crippen molar-refractivity contribution in [3.63, 3.8) is 0 Å². The highest BCUT2D eigenvalue weighted by molar-refractivity contribution is 6.03. The van der Waals surface area contributed by atoms with Gasteiger partial charge in [0.25, 0.3) is 5.91 Å². The zero-order chi connectivity index (χ0) is 27.4. The fraction of sp³-hybridized carbons (Fsp3) is 0.464. The molecule has 3 aliphatic rings. The maximum absolute atomic E-state index is 14.7. The quantitative estimate of drug-likeness (QED) is 0.554. The lowest BCUT2D eigenvalue weighted by Gasteiger charge is -2.31. The molecule has 0 aromatic heterocycles. The SMILES string of the molecule is CC(C)NC(=O)N(CCN1CCOCC1)CC(=O)N1N=C(c2ccccc2F)CC1c1ccc2c(c1)OCO2. The number of amides is 3. The average Bonchev–Trinajstić information content (AvgIpc) is 3.58. The highest BCUT2D eigenvalue weighted by atomic mass is 19.1. The van der Waals surface area contributed by atoms with Crippen molar-refractivity contribution < 1.29 is 28.2 Å². The smallest absolute Gasteiger partial charge is 0.318 e. The highest BCUT2D eigenvalue weighted by Crippen LogP contribution is 2.39. The molecular formula is C28H34FN5O5. The van der Waals surface area contributed by atoms with Gasteiger partial charge in [0.05, 0.1) is 25.0 Å². The second kappa shape index (κ2) is 12.0. The molecule has 2 aromatic carbocycles. The Hall–Kier alpha value is -3.70. The number of benzene rings is 2. The molecule has 0 radical (unpaired) electrons. The van der Waals surface area contributed by atoms with Crippen LogP contribution in [0.2, 0.25) is 0 Å². The molecule has 1 N–H and O–H groups in total. The van der Waals surface area contributed by atoms with Crippen molar-refractivity contribution in [2.24, 2.45) is 5.10 Å². The summed E-state index contributed by atoms with van der Waals surface area (Å²) < 4.78 is 31.1. The van der Waals surface area contributed by atoms with E-state index in [9.17, 15) is 14.0 Å². The Kier molecular flexibility index (Phi) is 8.27. The molecular weight excluding hydrogens is 505 g/mol. The lowest BCUT2D eigenvalue weighted by molar-refractivity contribution is -0.133. The van der Waals surface area contributed by atoms with Crippen LogP contribution in [0.3, 0.4) is 0 Å². The maximum atomic E-state index is 14.7. The summed E-state index contributed by atoms with van der Waals surface area (Å²) >= 11 is 0. The molecule has 3 aliphatic heterocycles. The molecule has 11 heteroatoms. The Morgan fingerprint density at radius 1 is 1.13 bits per heavy atom. The summed E-state index contributed by atoms with van der Waals surface area (Å²) in [6, 6.07) is 11.0. The number of halogens is 1. The van der Waals surface area contributed by atoms with Crippen molar-refractivity contribution in [1.82, 2.24) is 20.1 Å². The fourth-order valence-electron chi connectivity index (χ4n) is 4.89. The van der Waals surface area contributed by atoms with Crippen LogP contribution >= 0.6 is 0 Å². The van der Waals surface area contributed by atoms with Crippen LogP contribution < -0.4 is 14.8 Å². The van der Waals surface area contributed by atoms with Gasteiger partial charge in [-0.15, -0.1) is 0 Å². The maximum Gasteiger partial charge on any atom is 0.318 e. The molecule has 1 atom stereocenters. The molecule has 39 heavy (non-hydrogen) atoms. The summed E-state index contributed by atoms with van der Waals surface area (Å²) in [5.74, 6) is 0.454. The Balaban J connectivity index is 1.39. The van der Waals surface area contributed by atoms with Gasteiger partial charge in [0.1, 0.15) is 12.4 Å². The van der Waals surface area contributed by atoms with Crippen LogP contribution in [0.4, 0.5) is 9.18 Å². The Morgan fingerprint density at radius 3 is 2.67 bits per heavy atom. The Bertz CT molecular complexity index is 1230. The van der Waals surface area contributed by atoms with Gasteiger partial charge < -0.3 is 24.4 Å². The highest BCUT2D eigenvalue weighted by Gasteiger charge is 2.36. The molecule has 0 bridgehead atoms. The Morgan fingerprint density at radius 2 is 1.90 bits per heavy atom. The molecule has 1 saturated heterocycles. The summed E-state index contributed by atoms with van der Waals surface area (Å²) in [4.78, 5) is 30.6. The second-order valence-corrected chi connectivity index (χ2v) is 10.1. The average molecular weight is 540 g/mol. The van der Waals surface area contributed by atoms with Crippen LogP contribution in [0.1, 0.15) is 37.4 Å². The lowest BCUT2D eigenvalue weighted by Crippen LogP contribution is -2.50. The topological polar surface area (TPSA) is 95.9 Å². The van der Waals surface area contributed by atoms with Gasteiger partial charge in [0.2, 0.25) is 6.79 Å². The predicted molar refractivity (Wildman–Crippen MR) is 142 cm³/mol. The monoisotopic (exact) mass is 539 g/mol. The van der Waals surface area contributed by atoms with E-state index in [4.69, 9.17) is 14.2 Å². The minimum Gasteiger partial charge on any atom is -0.454 e. The largest absolute Gasteiger partial charge is 0.454 e. The Labute approximate surface area is 227 Å². The van der Waals surface area contributed by atoms with E-state index in [0.717, 1.165) is 18.7 Å². The molecule has 208 valence electrons. The zero-order valence-electron chi connectivity index (χ0n) is 22.3. The van der Waals surface area contributed by atoms with Crippen molar-refractivity contribution in [3.05, 3.63) is 59.4 Å². The van der Waals surface area contributed by atoms with E-state index in [-0.39, 0.29) is 31.3 Å². The van der Waals surface area contributed by atoms with Crippen molar-refractivity contribution in [3.8, 4) is 11.5 Å². The van der Waals surface area contributed by atoms with Crippen LogP contribution in [0, 0.1) is 5.82 Å². The van der Waals surface area contributed by atoms with Gasteiger partial charge in [0, 0.05) is 44.2 Å². The van der Waals surface area contributed by atoms with Crippen molar-refractivity contribution >= 4 is 17.6 Å². The summed E-state index contributed by atoms with van der Waals surface area (Å²) in [5.41, 5.74) is 1.60. The van der Waals surface area contributed by atoms with Crippen molar-refractivity contribution in [1.29, 1.82) is 0 Å². The molecule has 0 saturated carbocycles. The third-order valence-corrected chi connectivity index (χ3v) is 6.95. The number of urea groups is 1. The number of fused-ring (bicyclic) bond motifs is 1. The summed E-state index contributed by atoms with van der Waals surface area (Å²) in [6.07, 6.45) is 0.318. The van der Waals surface area contributed by atoms with Gasteiger partial charge >= 0.3 is 6.03 Å². The van der Waals surface area contributed by atoms with Gasteiger partial charge in [-0.25, -0.2) is 14.2 Å². The van der Waals surface area contributed by atoms with Gasteiger partial charge in [0.15, 0.2) is 11.5 Å². The molecule has 5 rings (SSSR count). The standard InChI is InChI=1S/C28H34FN5O5/c1-19(2)30-28(36)33(10-9-32-11-13-37-14-12-32)17-27(35)34-24(20-7-8-25-26(15-20)39-18-38-25)16-23(31-34)21-5-3-4-6-22(21)29/h3-8,15,19,24H,9-14,16-18H2,1-2H3,(H,30,36). The first-order valence-corrected chi connectivity index (χ1v) is 13.3. The van der Waals surface area contributed by atoms with E-state index in [2.05, 4.69) is 15.3 Å². The van der Waals surface area contributed by atoms with E-state index >= 15 is 0 Å². The van der Waals surface area contributed by atoms with Crippen LogP contribution in [0.25, 0.3) is 0 Å². The van der Waals surface area contributed by atoms with Gasteiger partial charge in [-0.3, -0.25) is 9.69 Å². The van der Waals surface area contributed by atoms with E-state index in [1.54, 1.807) is 24.3 Å². The predicted octanol–water partition coefficient (Wildman–Crippen LogP) is 2.98. The minimum absolute atomic E-state index is 0.0858. The van der Waals surface area contributed by atoms with Crippen molar-refractivity contribution in [2.75, 3.05) is 52.7 Å². The number of hydrogen-bond donors (Lipinski definition) is 1. The number of ether oxygens (including phenoxy) is 3. The summed E-state index contributed by atoms with van der Waals surface area (Å²) in [5, 5.41) is 8.87. The van der Waals surface area contributed by atoms with E-state index < -0.39 is 11.9 Å². The molecule has 1 unspecified atom stereocenters. The van der Waals surface area contributed by atoms with Crippen LogP contribution in [-0.2, 0) is 9.53 Å². The molecule has 2 aromatic rings. The van der Waals surface area contributed by atoms with E-state index in [1.165, 1.54) is 16.0 Å². The van der Waals surface area contributed by atoms with Crippen molar-refractivity contribution in [2.45, 2.75) is 32.4 Å². The number of hydrogen-bond acceptors (Lipinski definition) is 7. The number of carbonyl (C=O) groups excluding carboxylic acids is 2. The van der Waals surface area contributed by atoms with Gasteiger partial charge in [-0.05, 0) is 37.6 Å². The third-order valence-electron chi connectivity index (χ3n) is 6.95. The van der Waals surface area contributed by atoms with Gasteiger partial charge in [-0.2, -0.15) is 5.10 Å². The number of nitrogens with one attached hydrogen (secondary N) is 1. The van der Waals surface area contributed by atoms with Gasteiger partial charge in [-0.1, -0.05) is 24.3 Å². The zero-order valence-corrected chi connectivity index (χ0v) is 22.3. The number of hydrazone groups is 1. The van der Waals surface area contributed by atoms with E-state index in [1.807, 2.05) is 26.0 Å². The molecule has 3 amide bonds. The number of nitrogens with zero attached hydrogens (tertiary/aromatic N) is 4. The number of carbonyl (C=O) groups is 2. The lowest BCUT2D eigenvalue weighted by atomic mass is 9.97. The molecule has 0 aliphatic carbocycles. The van der Waals surface area contributed by atoms with Crippen LogP contribution in [0.15, 0.2) is 47.6 Å². The van der Waals surface area contributed by atoms with E-state index in [0.29, 0.717) is 55.5 Å². The molecule has 0 spiro atoms. The molecule has 10 nitrogen and oxygen atoms in total. The van der Waals surface area contributed by atoms with Crippen LogP contribution in [0.5, 0.6) is 11.5 Å². The second-order valence-electron chi connectivity index (χ2n) is 10.1. The summed E-state index contributed by atoms with van der Waals surface area (Å²) in [7, 11) is 0. The first-order valence-electron chi connectivity index (χ1n) is 13.3. The fourth-order valence-corrected chi connectivity index (χ4v) is 4.89. The number of rotatable bonds is 8. The normalized spacial score (nSPS) is 18.8. The third kappa shape index (κ3) is 6.31. The number of morpholine rings is 1. The molecule has 1 fully saturated rings. The molecule has 3 heterocycles. The first-order chi connectivity index (χ1) is 18.9. The minimum atomic E-state index is -0.490. The first kappa shape index (κ1) is 26.9.